The molecule has 29 heavy (non-hydrogen) atoms. The largest absolute Gasteiger partial charge is 0.467 e. The van der Waals surface area contributed by atoms with E-state index in [2.05, 4.69) is 10.1 Å². The summed E-state index contributed by atoms with van der Waals surface area (Å²) in [5, 5.41) is 13.6. The van der Waals surface area contributed by atoms with Crippen LogP contribution < -0.4 is 11.1 Å². The fourth-order valence-corrected chi connectivity index (χ4v) is 3.64. The van der Waals surface area contributed by atoms with Gasteiger partial charge in [-0.25, -0.2) is 4.79 Å². The Balaban J connectivity index is 2.13. The summed E-state index contributed by atoms with van der Waals surface area (Å²) in [5.41, 5.74) is 6.93. The summed E-state index contributed by atoms with van der Waals surface area (Å²) in [6, 6.07) is 9.29. The highest BCUT2D eigenvalue weighted by molar-refractivity contribution is 6.39. The van der Waals surface area contributed by atoms with Gasteiger partial charge in [0.1, 0.15) is 6.04 Å². The van der Waals surface area contributed by atoms with Crippen LogP contribution in [-0.2, 0) is 16.0 Å². The summed E-state index contributed by atoms with van der Waals surface area (Å²) < 4.78 is 4.58. The van der Waals surface area contributed by atoms with Gasteiger partial charge in [0.2, 0.25) is 0 Å². The van der Waals surface area contributed by atoms with Crippen molar-refractivity contribution in [2.24, 2.45) is 5.73 Å². The van der Waals surface area contributed by atoms with Gasteiger partial charge in [-0.2, -0.15) is 0 Å². The van der Waals surface area contributed by atoms with Gasteiger partial charge < -0.3 is 20.9 Å². The van der Waals surface area contributed by atoms with Gasteiger partial charge in [0.15, 0.2) is 0 Å². The third-order valence-corrected chi connectivity index (χ3v) is 5.13. The van der Waals surface area contributed by atoms with E-state index in [9.17, 15) is 14.7 Å². The number of carbonyl (C=O) groups is 2. The molecule has 0 radical (unpaired) electrons. The predicted molar refractivity (Wildman–Crippen MR) is 114 cm³/mol. The zero-order valence-corrected chi connectivity index (χ0v) is 17.9. The number of carbonyl (C=O) groups excluding carboxylic acids is 2. The number of ether oxygens (including phenoxy) is 1. The van der Waals surface area contributed by atoms with Crippen molar-refractivity contribution in [3.8, 4) is 0 Å². The molecule has 156 valence electrons. The number of benzene rings is 2. The molecule has 2 atom stereocenters. The van der Waals surface area contributed by atoms with E-state index in [4.69, 9.17) is 40.5 Å². The van der Waals surface area contributed by atoms with Crippen molar-refractivity contribution in [1.82, 2.24) is 5.32 Å². The summed E-state index contributed by atoms with van der Waals surface area (Å²) in [7, 11) is 1.19. The first-order chi connectivity index (χ1) is 13.8. The molecule has 0 saturated heterocycles. The number of halogens is 3. The number of aryl methyl sites for hydroxylation is 1. The van der Waals surface area contributed by atoms with E-state index in [1.165, 1.54) is 19.2 Å². The van der Waals surface area contributed by atoms with E-state index in [-0.39, 0.29) is 22.2 Å². The second-order valence-corrected chi connectivity index (χ2v) is 7.58. The van der Waals surface area contributed by atoms with Crippen LogP contribution in [0.1, 0.15) is 34.0 Å². The van der Waals surface area contributed by atoms with Crippen molar-refractivity contribution in [3.63, 3.8) is 0 Å². The molecule has 0 heterocycles. The molecule has 0 aliphatic heterocycles. The zero-order valence-electron chi connectivity index (χ0n) is 15.6. The lowest BCUT2D eigenvalue weighted by atomic mass is 10.00. The lowest BCUT2D eigenvalue weighted by Crippen LogP contribution is -2.46. The number of amides is 1. The highest BCUT2D eigenvalue weighted by Gasteiger charge is 2.24. The zero-order chi connectivity index (χ0) is 21.6. The maximum absolute atomic E-state index is 12.5. The van der Waals surface area contributed by atoms with Gasteiger partial charge in [0.05, 0.1) is 28.8 Å². The molecule has 1 unspecified atom stereocenters. The number of aliphatic hydroxyl groups excluding tert-OH is 1. The summed E-state index contributed by atoms with van der Waals surface area (Å²) in [6.07, 6.45) is 0.167. The normalized spacial score (nSPS) is 12.9. The molecule has 2 aromatic carbocycles. The minimum absolute atomic E-state index is 0.0125. The van der Waals surface area contributed by atoms with Crippen LogP contribution in [0.15, 0.2) is 36.4 Å². The van der Waals surface area contributed by atoms with Crippen LogP contribution in [0.2, 0.25) is 15.1 Å². The molecule has 0 fully saturated rings. The van der Waals surface area contributed by atoms with Crippen LogP contribution in [0.3, 0.4) is 0 Å². The van der Waals surface area contributed by atoms with E-state index in [1.54, 1.807) is 6.07 Å². The number of nitrogens with one attached hydrogen (secondary N) is 1. The topological polar surface area (TPSA) is 102 Å². The lowest BCUT2D eigenvalue weighted by Gasteiger charge is -2.17. The third kappa shape index (κ3) is 6.32. The van der Waals surface area contributed by atoms with Crippen molar-refractivity contribution >= 4 is 46.7 Å². The summed E-state index contributed by atoms with van der Waals surface area (Å²) >= 11 is 18.4. The van der Waals surface area contributed by atoms with E-state index in [1.807, 2.05) is 18.2 Å². The highest BCUT2D eigenvalue weighted by Crippen LogP contribution is 2.31. The Morgan fingerprint density at radius 1 is 1.17 bits per heavy atom. The quantitative estimate of drug-likeness (QED) is 0.524. The SMILES string of the molecule is COC(=O)[C@H](CN)NC(=O)c1c(Cl)cc(C(O)CCc2cccc(Cl)c2)cc1Cl. The molecule has 0 bridgehead atoms. The maximum Gasteiger partial charge on any atom is 0.329 e. The molecular weight excluding hydrogens is 439 g/mol. The van der Waals surface area contributed by atoms with Crippen LogP contribution in [0.5, 0.6) is 0 Å². The standard InChI is InChI=1S/C20H21Cl3N2O4/c1-29-20(28)16(10-24)25-19(27)18-14(22)8-12(9-15(18)23)17(26)6-5-11-3-2-4-13(21)7-11/h2-4,7-9,16-17,26H,5-6,10,24H2,1H3,(H,25,27)/t16-,17?/m0/s1. The molecule has 0 aliphatic rings. The average Bonchev–Trinajstić information content (AvgIpc) is 2.69. The van der Waals surface area contributed by atoms with Crippen LogP contribution in [0.25, 0.3) is 0 Å². The van der Waals surface area contributed by atoms with Crippen molar-refractivity contribution in [3.05, 3.63) is 68.2 Å². The number of rotatable bonds is 8. The number of hydrogen-bond acceptors (Lipinski definition) is 5. The molecule has 2 rings (SSSR count). The van der Waals surface area contributed by atoms with Crippen molar-refractivity contribution in [1.29, 1.82) is 0 Å². The van der Waals surface area contributed by atoms with Gasteiger partial charge in [-0.05, 0) is 48.2 Å². The molecule has 4 N–H and O–H groups in total. The van der Waals surface area contributed by atoms with E-state index < -0.39 is 24.0 Å². The van der Waals surface area contributed by atoms with Crippen molar-refractivity contribution in [2.45, 2.75) is 25.0 Å². The lowest BCUT2D eigenvalue weighted by molar-refractivity contribution is -0.142. The molecule has 0 aromatic heterocycles. The number of methoxy groups -OCH3 is 1. The first kappa shape index (κ1) is 23.4. The Morgan fingerprint density at radius 3 is 2.38 bits per heavy atom. The van der Waals surface area contributed by atoms with E-state index in [0.717, 1.165) is 5.56 Å². The Morgan fingerprint density at radius 2 is 1.83 bits per heavy atom. The Bertz CT molecular complexity index is 869. The Hall–Kier alpha value is -1.83. The predicted octanol–water partition coefficient (Wildman–Crippen LogP) is 3.54. The summed E-state index contributed by atoms with van der Waals surface area (Å²) in [6.45, 7) is -0.145. The average molecular weight is 460 g/mol. The van der Waals surface area contributed by atoms with Gasteiger partial charge in [0, 0.05) is 11.6 Å². The van der Waals surface area contributed by atoms with Crippen LogP contribution in [-0.4, -0.2) is 36.7 Å². The monoisotopic (exact) mass is 458 g/mol. The third-order valence-electron chi connectivity index (χ3n) is 4.30. The first-order valence-corrected chi connectivity index (χ1v) is 9.90. The fourth-order valence-electron chi connectivity index (χ4n) is 2.75. The highest BCUT2D eigenvalue weighted by atomic mass is 35.5. The number of aliphatic hydroxyl groups is 1. The molecule has 9 heteroatoms. The maximum atomic E-state index is 12.5. The minimum atomic E-state index is -1.03. The Labute approximate surface area is 183 Å². The second-order valence-electron chi connectivity index (χ2n) is 6.33. The van der Waals surface area contributed by atoms with Gasteiger partial charge in [-0.15, -0.1) is 0 Å². The van der Waals surface area contributed by atoms with Gasteiger partial charge in [-0.1, -0.05) is 46.9 Å². The summed E-state index contributed by atoms with van der Waals surface area (Å²) in [5.74, 6) is -1.35. The van der Waals surface area contributed by atoms with Crippen LogP contribution in [0.4, 0.5) is 0 Å². The van der Waals surface area contributed by atoms with Crippen molar-refractivity contribution in [2.75, 3.05) is 13.7 Å². The number of hydrogen-bond donors (Lipinski definition) is 3. The molecule has 0 saturated carbocycles. The van der Waals surface area contributed by atoms with Gasteiger partial charge >= 0.3 is 5.97 Å². The Kier molecular flexibility index (Phi) is 8.74. The molecule has 2 aromatic rings. The molecule has 6 nitrogen and oxygen atoms in total. The summed E-state index contributed by atoms with van der Waals surface area (Å²) in [4.78, 5) is 24.1. The fraction of sp³-hybridized carbons (Fsp3) is 0.300. The number of nitrogens with two attached hydrogens (primary N) is 1. The van der Waals surface area contributed by atoms with E-state index in [0.29, 0.717) is 23.4 Å². The first-order valence-electron chi connectivity index (χ1n) is 8.77. The number of esters is 1. The molecule has 0 spiro atoms. The molecule has 0 aliphatic carbocycles. The van der Waals surface area contributed by atoms with E-state index >= 15 is 0 Å². The second kappa shape index (κ2) is 10.8. The van der Waals surface area contributed by atoms with Crippen LogP contribution in [0, 0.1) is 0 Å². The smallest absolute Gasteiger partial charge is 0.329 e. The minimum Gasteiger partial charge on any atom is -0.467 e. The van der Waals surface area contributed by atoms with Crippen LogP contribution >= 0.6 is 34.8 Å². The molecule has 1 amide bonds. The molecular formula is C20H21Cl3N2O4. The van der Waals surface area contributed by atoms with Gasteiger partial charge in [-0.3, -0.25) is 4.79 Å². The van der Waals surface area contributed by atoms with Crippen molar-refractivity contribution < 1.29 is 19.4 Å². The van der Waals surface area contributed by atoms with Gasteiger partial charge in [0.25, 0.3) is 5.91 Å².